The lowest BCUT2D eigenvalue weighted by molar-refractivity contribution is -0.120. The molecule has 2 heterocycles. The van der Waals surface area contributed by atoms with Crippen LogP contribution in [0.25, 0.3) is 12.2 Å². The molecule has 0 saturated carbocycles. The minimum Gasteiger partial charge on any atom is -0.355 e. The van der Waals surface area contributed by atoms with E-state index in [-0.39, 0.29) is 35.3 Å². The predicted octanol–water partition coefficient (Wildman–Crippen LogP) is 4.95. The lowest BCUT2D eigenvalue weighted by atomic mass is 9.98. The lowest BCUT2D eigenvalue weighted by Crippen LogP contribution is -2.44. The molecular weight excluding hydrogens is 469 g/mol. The molecule has 2 aromatic carbocycles. The van der Waals surface area contributed by atoms with Crippen LogP contribution >= 0.6 is 0 Å². The average Bonchev–Trinajstić information content (AvgIpc) is 3.22. The van der Waals surface area contributed by atoms with Gasteiger partial charge in [-0.1, -0.05) is 41.6 Å². The summed E-state index contributed by atoms with van der Waals surface area (Å²) in [6.45, 7) is 5.74. The molecule has 0 aliphatic carbocycles. The van der Waals surface area contributed by atoms with Gasteiger partial charge in [0.05, 0.1) is 5.92 Å². The Morgan fingerprint density at radius 2 is 1.83 bits per heavy atom. The number of carbonyl (C=O) groups is 1. The molecule has 1 fully saturated rings. The largest absolute Gasteiger partial charge is 0.355 e. The van der Waals surface area contributed by atoms with Crippen LogP contribution in [0.3, 0.4) is 0 Å². The van der Waals surface area contributed by atoms with Gasteiger partial charge in [-0.05, 0) is 63.0 Å². The number of halogens is 1. The van der Waals surface area contributed by atoms with E-state index in [1.54, 1.807) is 25.1 Å². The van der Waals surface area contributed by atoms with E-state index in [2.05, 4.69) is 10.5 Å². The van der Waals surface area contributed by atoms with Gasteiger partial charge in [0.25, 0.3) is 0 Å². The molecule has 9 heteroatoms. The lowest BCUT2D eigenvalue weighted by Gasteiger charge is -2.31. The molecule has 0 radical (unpaired) electrons. The molecule has 1 aliphatic heterocycles. The molecule has 1 atom stereocenters. The number of rotatable bonds is 6. The molecule has 35 heavy (non-hydrogen) atoms. The number of nitrogens with zero attached hydrogens (tertiary/aromatic N) is 2. The van der Waals surface area contributed by atoms with Gasteiger partial charge in [-0.2, -0.15) is 4.31 Å². The van der Waals surface area contributed by atoms with E-state index in [0.29, 0.717) is 18.4 Å². The fourth-order valence-corrected chi connectivity index (χ4v) is 6.09. The van der Waals surface area contributed by atoms with Gasteiger partial charge in [0.2, 0.25) is 15.9 Å². The Morgan fingerprint density at radius 3 is 2.54 bits per heavy atom. The van der Waals surface area contributed by atoms with Gasteiger partial charge >= 0.3 is 0 Å². The van der Waals surface area contributed by atoms with Gasteiger partial charge in [0.15, 0.2) is 10.7 Å². The molecule has 0 spiro atoms. The van der Waals surface area contributed by atoms with E-state index in [1.165, 1.54) is 22.5 Å². The molecule has 184 valence electrons. The van der Waals surface area contributed by atoms with Crippen LogP contribution in [0.1, 0.15) is 41.0 Å². The van der Waals surface area contributed by atoms with Crippen molar-refractivity contribution >= 4 is 33.8 Å². The average molecular weight is 498 g/mol. The molecule has 1 aliphatic rings. The van der Waals surface area contributed by atoms with Crippen molar-refractivity contribution in [2.24, 2.45) is 5.92 Å². The highest BCUT2D eigenvalue weighted by Gasteiger charge is 2.37. The summed E-state index contributed by atoms with van der Waals surface area (Å²) in [5.41, 5.74) is 3.16. The molecular formula is C26H28FN3O4S. The van der Waals surface area contributed by atoms with E-state index in [9.17, 15) is 17.6 Å². The first-order chi connectivity index (χ1) is 16.7. The van der Waals surface area contributed by atoms with Crippen LogP contribution in [-0.4, -0.2) is 36.9 Å². The third kappa shape index (κ3) is 5.21. The maximum Gasteiger partial charge on any atom is 0.248 e. The first-order valence-electron chi connectivity index (χ1n) is 11.4. The number of aromatic nitrogens is 1. The topological polar surface area (TPSA) is 92.5 Å². The smallest absolute Gasteiger partial charge is 0.248 e. The van der Waals surface area contributed by atoms with Gasteiger partial charge in [0.1, 0.15) is 11.5 Å². The molecule has 1 aromatic heterocycles. The second-order valence-corrected chi connectivity index (χ2v) is 10.6. The molecule has 1 N–H and O–H groups in total. The summed E-state index contributed by atoms with van der Waals surface area (Å²) in [4.78, 5) is 13.0. The Kier molecular flexibility index (Phi) is 7.18. The second-order valence-electron chi connectivity index (χ2n) is 8.77. The summed E-state index contributed by atoms with van der Waals surface area (Å²) in [6.07, 6.45) is 3.99. The summed E-state index contributed by atoms with van der Waals surface area (Å²) in [5.74, 6) is -1.11. The number of piperidine rings is 1. The predicted molar refractivity (Wildman–Crippen MR) is 133 cm³/mol. The Balaban J connectivity index is 1.56. The number of sulfonamides is 1. The van der Waals surface area contributed by atoms with Crippen molar-refractivity contribution in [3.8, 4) is 0 Å². The number of aryl methyl sites for hydroxylation is 3. The summed E-state index contributed by atoms with van der Waals surface area (Å²) < 4.78 is 47.7. The van der Waals surface area contributed by atoms with Crippen molar-refractivity contribution in [1.82, 2.24) is 9.46 Å². The fraction of sp³-hybridized carbons (Fsp3) is 0.308. The zero-order chi connectivity index (χ0) is 25.2. The molecule has 3 aromatic rings. The highest BCUT2D eigenvalue weighted by Crippen LogP contribution is 2.30. The third-order valence-corrected chi connectivity index (χ3v) is 8.26. The summed E-state index contributed by atoms with van der Waals surface area (Å²) >= 11 is 0. The summed E-state index contributed by atoms with van der Waals surface area (Å²) in [5, 5.41) is 6.82. The van der Waals surface area contributed by atoms with E-state index >= 15 is 0 Å². The van der Waals surface area contributed by atoms with Crippen molar-refractivity contribution in [3.63, 3.8) is 0 Å². The maximum atomic E-state index is 14.0. The van der Waals surface area contributed by atoms with E-state index in [4.69, 9.17) is 4.52 Å². The maximum absolute atomic E-state index is 14.0. The molecule has 1 amide bonds. The number of carbonyl (C=O) groups excluding carboxylic acids is 1. The number of hydrogen-bond acceptors (Lipinski definition) is 5. The second kappa shape index (κ2) is 10.1. The van der Waals surface area contributed by atoms with Crippen LogP contribution in [0.5, 0.6) is 0 Å². The SMILES string of the molecule is Cc1cccc(C)c1NC(=O)C1CCCN(S(=O)(=O)c2c(C)noc2/C=C/c2ccccc2F)C1. The van der Waals surface area contributed by atoms with Gasteiger partial charge < -0.3 is 9.84 Å². The number of benzene rings is 2. The van der Waals surface area contributed by atoms with Gasteiger partial charge in [0, 0.05) is 24.3 Å². The van der Waals surface area contributed by atoms with Crippen LogP contribution in [-0.2, 0) is 14.8 Å². The van der Waals surface area contributed by atoms with Crippen LogP contribution < -0.4 is 5.32 Å². The van der Waals surface area contributed by atoms with Crippen LogP contribution in [0.15, 0.2) is 51.9 Å². The van der Waals surface area contributed by atoms with Gasteiger partial charge in [-0.25, -0.2) is 12.8 Å². The molecule has 1 saturated heterocycles. The zero-order valence-corrected chi connectivity index (χ0v) is 20.7. The van der Waals surface area contributed by atoms with Crippen LogP contribution in [0.2, 0.25) is 0 Å². The fourth-order valence-electron chi connectivity index (χ4n) is 4.32. The normalized spacial score (nSPS) is 17.1. The quantitative estimate of drug-likeness (QED) is 0.520. The number of amides is 1. The van der Waals surface area contributed by atoms with Crippen molar-refractivity contribution in [3.05, 3.63) is 76.4 Å². The Labute approximate surface area is 204 Å². The Hall–Kier alpha value is -3.30. The Bertz CT molecular complexity index is 1360. The summed E-state index contributed by atoms with van der Waals surface area (Å²) in [6, 6.07) is 11.9. The Morgan fingerprint density at radius 1 is 1.11 bits per heavy atom. The third-order valence-electron chi connectivity index (χ3n) is 6.23. The van der Waals surface area contributed by atoms with Crippen LogP contribution in [0, 0.1) is 32.5 Å². The molecule has 4 rings (SSSR count). The first-order valence-corrected chi connectivity index (χ1v) is 12.9. The van der Waals surface area contributed by atoms with Crippen molar-refractivity contribution in [2.75, 3.05) is 18.4 Å². The van der Waals surface area contributed by atoms with Crippen molar-refractivity contribution in [2.45, 2.75) is 38.5 Å². The summed E-state index contributed by atoms with van der Waals surface area (Å²) in [7, 11) is -4.00. The number of hydrogen-bond donors (Lipinski definition) is 1. The number of para-hydroxylation sites is 1. The molecule has 1 unspecified atom stereocenters. The highest BCUT2D eigenvalue weighted by molar-refractivity contribution is 7.89. The highest BCUT2D eigenvalue weighted by atomic mass is 32.2. The number of nitrogens with one attached hydrogen (secondary N) is 1. The van der Waals surface area contributed by atoms with E-state index in [0.717, 1.165) is 16.8 Å². The standard InChI is InChI=1S/C26H28FN3O4S/c1-17-8-6-9-18(2)24(17)28-26(31)21-11-7-15-30(16-21)35(32,33)25-19(3)29-34-23(25)14-13-20-10-4-5-12-22(20)27/h4-6,8-10,12-14,21H,7,11,15-16H2,1-3H3,(H,28,31)/b14-13+. The van der Waals surface area contributed by atoms with Crippen molar-refractivity contribution < 1.29 is 22.1 Å². The monoisotopic (exact) mass is 497 g/mol. The van der Waals surface area contributed by atoms with E-state index in [1.807, 2.05) is 32.0 Å². The zero-order valence-electron chi connectivity index (χ0n) is 19.9. The minimum absolute atomic E-state index is 0.0212. The van der Waals surface area contributed by atoms with E-state index < -0.39 is 21.8 Å². The molecule has 0 bridgehead atoms. The molecule has 7 nitrogen and oxygen atoms in total. The van der Waals surface area contributed by atoms with Gasteiger partial charge in [-0.15, -0.1) is 0 Å². The number of anilines is 1. The van der Waals surface area contributed by atoms with Crippen LogP contribution in [0.4, 0.5) is 10.1 Å². The first kappa shape index (κ1) is 24.8. The van der Waals surface area contributed by atoms with Gasteiger partial charge in [-0.3, -0.25) is 4.79 Å². The minimum atomic E-state index is -4.00. The van der Waals surface area contributed by atoms with Crippen molar-refractivity contribution in [1.29, 1.82) is 0 Å².